The molecule has 0 aromatic heterocycles. The highest BCUT2D eigenvalue weighted by molar-refractivity contribution is 6.31. The third kappa shape index (κ3) is 5.53. The molecule has 0 radical (unpaired) electrons. The lowest BCUT2D eigenvalue weighted by atomic mass is 10.0. The summed E-state index contributed by atoms with van der Waals surface area (Å²) in [5.41, 5.74) is 1.21. The molecule has 0 spiro atoms. The Hall–Kier alpha value is -0.570. The van der Waals surface area contributed by atoms with Crippen molar-refractivity contribution in [3.05, 3.63) is 34.9 Å². The molecule has 1 N–H and O–H groups in total. The smallest absolute Gasteiger partial charge is 0.0477 e. The molecule has 0 saturated heterocycles. The van der Waals surface area contributed by atoms with E-state index in [-0.39, 0.29) is 0 Å². The van der Waals surface area contributed by atoms with Gasteiger partial charge in [0, 0.05) is 24.8 Å². The molecule has 17 heavy (non-hydrogen) atoms. The number of hydrogen-bond acceptors (Lipinski definition) is 2. The fourth-order valence-corrected chi connectivity index (χ4v) is 2.03. The molecular weight excluding hydrogens is 234 g/mol. The minimum atomic E-state index is 0.440. The molecule has 1 aromatic carbocycles. The quantitative estimate of drug-likeness (QED) is 0.770. The van der Waals surface area contributed by atoms with Gasteiger partial charge in [0.1, 0.15) is 0 Å². The number of methoxy groups -OCH3 is 1. The summed E-state index contributed by atoms with van der Waals surface area (Å²) in [7, 11) is 1.74. The Morgan fingerprint density at radius 2 is 2.12 bits per heavy atom. The summed E-state index contributed by atoms with van der Waals surface area (Å²) < 4.78 is 5.15. The first kappa shape index (κ1) is 14.5. The second-order valence-corrected chi connectivity index (χ2v) is 4.64. The first-order valence-electron chi connectivity index (χ1n) is 6.23. The first-order chi connectivity index (χ1) is 8.27. The van der Waals surface area contributed by atoms with E-state index in [1.54, 1.807) is 7.11 Å². The Balaban J connectivity index is 2.55. The first-order valence-corrected chi connectivity index (χ1v) is 6.61. The number of halogens is 1. The van der Waals surface area contributed by atoms with E-state index < -0.39 is 0 Å². The lowest BCUT2D eigenvalue weighted by Crippen LogP contribution is -2.33. The minimum absolute atomic E-state index is 0.440. The summed E-state index contributed by atoms with van der Waals surface area (Å²) in [6, 6.07) is 8.48. The highest BCUT2D eigenvalue weighted by Crippen LogP contribution is 2.17. The molecule has 0 aliphatic rings. The normalized spacial score (nSPS) is 12.6. The summed E-state index contributed by atoms with van der Waals surface area (Å²) in [4.78, 5) is 0. The van der Waals surface area contributed by atoms with Crippen LogP contribution in [-0.2, 0) is 11.2 Å². The standard InChI is InChI=1S/C14H22ClNO/c1-3-9-16-13(8-10-17-2)11-12-6-4-5-7-14(12)15/h4-7,13,16H,3,8-11H2,1-2H3. The van der Waals surface area contributed by atoms with Crippen molar-refractivity contribution in [1.82, 2.24) is 5.32 Å². The maximum absolute atomic E-state index is 6.18. The highest BCUT2D eigenvalue weighted by atomic mass is 35.5. The van der Waals surface area contributed by atoms with E-state index in [2.05, 4.69) is 18.3 Å². The van der Waals surface area contributed by atoms with Crippen LogP contribution in [0.1, 0.15) is 25.3 Å². The molecule has 0 bridgehead atoms. The molecule has 0 aliphatic heterocycles. The minimum Gasteiger partial charge on any atom is -0.385 e. The number of rotatable bonds is 8. The zero-order chi connectivity index (χ0) is 12.5. The molecule has 1 unspecified atom stereocenters. The van der Waals surface area contributed by atoms with E-state index in [0.29, 0.717) is 6.04 Å². The van der Waals surface area contributed by atoms with Gasteiger partial charge in [-0.1, -0.05) is 36.7 Å². The third-order valence-corrected chi connectivity index (χ3v) is 3.15. The van der Waals surface area contributed by atoms with Crippen molar-refractivity contribution in [2.24, 2.45) is 0 Å². The number of hydrogen-bond donors (Lipinski definition) is 1. The molecule has 0 saturated carbocycles. The van der Waals surface area contributed by atoms with Gasteiger partial charge in [-0.3, -0.25) is 0 Å². The Morgan fingerprint density at radius 3 is 2.76 bits per heavy atom. The molecule has 1 rings (SSSR count). The molecule has 1 aromatic rings. The summed E-state index contributed by atoms with van der Waals surface area (Å²) in [5.74, 6) is 0. The largest absolute Gasteiger partial charge is 0.385 e. The van der Waals surface area contributed by atoms with Crippen LogP contribution in [0.2, 0.25) is 5.02 Å². The van der Waals surface area contributed by atoms with E-state index in [1.807, 2.05) is 18.2 Å². The van der Waals surface area contributed by atoms with Crippen LogP contribution in [-0.4, -0.2) is 26.3 Å². The summed E-state index contributed by atoms with van der Waals surface area (Å²) in [6.07, 6.45) is 3.12. The van der Waals surface area contributed by atoms with Crippen molar-refractivity contribution in [3.63, 3.8) is 0 Å². The molecule has 1 atom stereocenters. The maximum Gasteiger partial charge on any atom is 0.0477 e. The van der Waals surface area contributed by atoms with Gasteiger partial charge in [0.15, 0.2) is 0 Å². The van der Waals surface area contributed by atoms with Gasteiger partial charge in [0.25, 0.3) is 0 Å². The Kier molecular flexibility index (Phi) is 7.25. The second kappa shape index (κ2) is 8.51. The number of benzene rings is 1. The Bertz CT molecular complexity index is 309. The van der Waals surface area contributed by atoms with Crippen LogP contribution in [0.4, 0.5) is 0 Å². The fourth-order valence-electron chi connectivity index (χ4n) is 1.81. The summed E-state index contributed by atoms with van der Waals surface area (Å²) in [6.45, 7) is 4.00. The average molecular weight is 256 g/mol. The highest BCUT2D eigenvalue weighted by Gasteiger charge is 2.10. The van der Waals surface area contributed by atoms with Gasteiger partial charge in [-0.25, -0.2) is 0 Å². The lowest BCUT2D eigenvalue weighted by molar-refractivity contribution is 0.182. The Morgan fingerprint density at radius 1 is 1.35 bits per heavy atom. The van der Waals surface area contributed by atoms with Gasteiger partial charge < -0.3 is 10.1 Å². The van der Waals surface area contributed by atoms with Gasteiger partial charge in [-0.2, -0.15) is 0 Å². The van der Waals surface area contributed by atoms with Gasteiger partial charge >= 0.3 is 0 Å². The predicted octanol–water partition coefficient (Wildman–Crippen LogP) is 3.29. The number of ether oxygens (including phenoxy) is 1. The van der Waals surface area contributed by atoms with Gasteiger partial charge in [-0.15, -0.1) is 0 Å². The Labute approximate surface area is 109 Å². The molecular formula is C14H22ClNO. The topological polar surface area (TPSA) is 21.3 Å². The van der Waals surface area contributed by atoms with Crippen LogP contribution in [0.25, 0.3) is 0 Å². The van der Waals surface area contributed by atoms with E-state index in [1.165, 1.54) is 5.56 Å². The van der Waals surface area contributed by atoms with Gasteiger partial charge in [-0.05, 0) is 37.4 Å². The molecule has 3 heteroatoms. The third-order valence-electron chi connectivity index (χ3n) is 2.78. The molecule has 0 heterocycles. The molecule has 2 nitrogen and oxygen atoms in total. The maximum atomic E-state index is 6.18. The molecule has 96 valence electrons. The summed E-state index contributed by atoms with van der Waals surface area (Å²) in [5, 5.41) is 4.40. The number of nitrogens with one attached hydrogen (secondary N) is 1. The zero-order valence-electron chi connectivity index (χ0n) is 10.7. The van der Waals surface area contributed by atoms with Crippen molar-refractivity contribution < 1.29 is 4.74 Å². The SMILES string of the molecule is CCCNC(CCOC)Cc1ccccc1Cl. The van der Waals surface area contributed by atoms with Crippen molar-refractivity contribution in [2.45, 2.75) is 32.2 Å². The van der Waals surface area contributed by atoms with E-state index >= 15 is 0 Å². The van der Waals surface area contributed by atoms with Crippen LogP contribution in [0.15, 0.2) is 24.3 Å². The summed E-state index contributed by atoms with van der Waals surface area (Å²) >= 11 is 6.18. The monoisotopic (exact) mass is 255 g/mol. The van der Waals surface area contributed by atoms with E-state index in [4.69, 9.17) is 16.3 Å². The predicted molar refractivity (Wildman–Crippen MR) is 73.7 cm³/mol. The molecule has 0 aliphatic carbocycles. The fraction of sp³-hybridized carbons (Fsp3) is 0.571. The van der Waals surface area contributed by atoms with Crippen molar-refractivity contribution in [1.29, 1.82) is 0 Å². The van der Waals surface area contributed by atoms with Crippen LogP contribution >= 0.6 is 11.6 Å². The van der Waals surface area contributed by atoms with Crippen molar-refractivity contribution in [2.75, 3.05) is 20.3 Å². The second-order valence-electron chi connectivity index (χ2n) is 4.23. The average Bonchev–Trinajstić information content (AvgIpc) is 2.35. The zero-order valence-corrected chi connectivity index (χ0v) is 11.5. The van der Waals surface area contributed by atoms with Crippen molar-refractivity contribution >= 4 is 11.6 Å². The van der Waals surface area contributed by atoms with Crippen LogP contribution in [0.3, 0.4) is 0 Å². The van der Waals surface area contributed by atoms with Crippen molar-refractivity contribution in [3.8, 4) is 0 Å². The van der Waals surface area contributed by atoms with E-state index in [9.17, 15) is 0 Å². The van der Waals surface area contributed by atoms with Gasteiger partial charge in [0.2, 0.25) is 0 Å². The van der Waals surface area contributed by atoms with Gasteiger partial charge in [0.05, 0.1) is 0 Å². The van der Waals surface area contributed by atoms with Crippen LogP contribution in [0, 0.1) is 0 Å². The van der Waals surface area contributed by atoms with E-state index in [0.717, 1.165) is 37.4 Å². The lowest BCUT2D eigenvalue weighted by Gasteiger charge is -2.18. The molecule has 0 amide bonds. The molecule has 0 fully saturated rings. The van der Waals surface area contributed by atoms with Crippen LogP contribution < -0.4 is 5.32 Å². The van der Waals surface area contributed by atoms with Crippen LogP contribution in [0.5, 0.6) is 0 Å².